The number of carbonyl (C=O) groups excluding carboxylic acids is 1. The average molecular weight is 375 g/mol. The molecule has 1 amide bonds. The van der Waals surface area contributed by atoms with Gasteiger partial charge in [-0.1, -0.05) is 19.9 Å². The first-order valence-electron chi connectivity index (χ1n) is 9.63. The Bertz CT molecular complexity index is 838. The lowest BCUT2D eigenvalue weighted by atomic mass is 9.82. The molecule has 6 heteroatoms. The summed E-state index contributed by atoms with van der Waals surface area (Å²) in [6.45, 7) is 9.43. The molecule has 0 spiro atoms. The maximum Gasteiger partial charge on any atom is 0.255 e. The first-order chi connectivity index (χ1) is 12.1. The predicted octanol–water partition coefficient (Wildman–Crippen LogP) is 3.16. The van der Waals surface area contributed by atoms with Gasteiger partial charge in [-0.3, -0.25) is 9.48 Å². The lowest BCUT2D eigenvalue weighted by molar-refractivity contribution is 0.00361. The Morgan fingerprint density at radius 3 is 2.65 bits per heavy atom. The summed E-state index contributed by atoms with van der Waals surface area (Å²) in [7, 11) is 0. The summed E-state index contributed by atoms with van der Waals surface area (Å²) in [5.41, 5.74) is 3.05. The van der Waals surface area contributed by atoms with Crippen LogP contribution in [0.1, 0.15) is 42.7 Å². The SMILES string of the molecule is CC(C)Cn1nc2c3c(cccc31)C(=O)N([C@@H]1CN3CCC1CC3)C2.Cl. The Kier molecular flexibility index (Phi) is 4.48. The van der Waals surface area contributed by atoms with Crippen molar-refractivity contribution in [3.63, 3.8) is 0 Å². The summed E-state index contributed by atoms with van der Waals surface area (Å²) in [5.74, 6) is 1.41. The van der Waals surface area contributed by atoms with Crippen molar-refractivity contribution in [2.45, 2.75) is 45.8 Å². The summed E-state index contributed by atoms with van der Waals surface area (Å²) in [5, 5.41) is 6.00. The van der Waals surface area contributed by atoms with Crippen LogP contribution < -0.4 is 0 Å². The number of aromatic nitrogens is 2. The number of amides is 1. The van der Waals surface area contributed by atoms with Crippen molar-refractivity contribution in [2.24, 2.45) is 11.8 Å². The summed E-state index contributed by atoms with van der Waals surface area (Å²) >= 11 is 0. The molecule has 0 radical (unpaired) electrons. The van der Waals surface area contributed by atoms with E-state index in [9.17, 15) is 4.79 Å². The van der Waals surface area contributed by atoms with Crippen molar-refractivity contribution in [1.29, 1.82) is 0 Å². The third kappa shape index (κ3) is 2.64. The van der Waals surface area contributed by atoms with Crippen LogP contribution >= 0.6 is 12.4 Å². The van der Waals surface area contributed by atoms with E-state index in [1.54, 1.807) is 0 Å². The van der Waals surface area contributed by atoms with Gasteiger partial charge in [-0.25, -0.2) is 0 Å². The predicted molar refractivity (Wildman–Crippen MR) is 105 cm³/mol. The molecule has 0 aliphatic carbocycles. The Balaban J connectivity index is 0.00000168. The second-order valence-corrected chi connectivity index (χ2v) is 8.36. The van der Waals surface area contributed by atoms with Crippen LogP contribution in [0.5, 0.6) is 0 Å². The monoisotopic (exact) mass is 374 g/mol. The maximum atomic E-state index is 13.3. The zero-order valence-corrected chi connectivity index (χ0v) is 16.3. The smallest absolute Gasteiger partial charge is 0.255 e. The Morgan fingerprint density at radius 2 is 2.00 bits per heavy atom. The molecule has 0 saturated carbocycles. The fraction of sp³-hybridized carbons (Fsp3) is 0.600. The van der Waals surface area contributed by atoms with Gasteiger partial charge in [0.15, 0.2) is 0 Å². The molecule has 5 heterocycles. The Hall–Kier alpha value is -1.59. The molecule has 0 N–H and O–H groups in total. The molecule has 140 valence electrons. The quantitative estimate of drug-likeness (QED) is 0.828. The molecule has 3 fully saturated rings. The van der Waals surface area contributed by atoms with Gasteiger partial charge in [0.25, 0.3) is 5.91 Å². The van der Waals surface area contributed by atoms with Crippen molar-refractivity contribution >= 4 is 29.2 Å². The fourth-order valence-corrected chi connectivity index (χ4v) is 5.02. The molecule has 6 rings (SSSR count). The average Bonchev–Trinajstić information content (AvgIpc) is 2.97. The topological polar surface area (TPSA) is 41.4 Å². The molecule has 3 saturated heterocycles. The van der Waals surface area contributed by atoms with E-state index in [0.29, 0.717) is 24.4 Å². The number of hydrogen-bond acceptors (Lipinski definition) is 3. The molecular weight excluding hydrogens is 348 g/mol. The number of carbonyl (C=O) groups is 1. The molecule has 5 nitrogen and oxygen atoms in total. The van der Waals surface area contributed by atoms with E-state index in [2.05, 4.69) is 34.4 Å². The minimum absolute atomic E-state index is 0. The normalized spacial score (nSPS) is 27.3. The molecule has 4 aliphatic rings. The lowest BCUT2D eigenvalue weighted by Crippen LogP contribution is -2.59. The first kappa shape index (κ1) is 17.8. The molecular formula is C20H27ClN4O. The summed E-state index contributed by atoms with van der Waals surface area (Å²) < 4.78 is 2.10. The number of fused-ring (bicyclic) bond motifs is 3. The van der Waals surface area contributed by atoms with Gasteiger partial charge in [0, 0.05) is 24.5 Å². The molecule has 1 aromatic heterocycles. The lowest BCUT2D eigenvalue weighted by Gasteiger charge is -2.49. The van der Waals surface area contributed by atoms with Crippen LogP contribution in [-0.4, -0.2) is 51.2 Å². The van der Waals surface area contributed by atoms with Crippen molar-refractivity contribution in [1.82, 2.24) is 19.6 Å². The molecule has 2 bridgehead atoms. The number of nitrogens with zero attached hydrogens (tertiary/aromatic N) is 4. The molecule has 26 heavy (non-hydrogen) atoms. The van der Waals surface area contributed by atoms with Gasteiger partial charge in [0.05, 0.1) is 23.3 Å². The number of halogens is 1. The van der Waals surface area contributed by atoms with Gasteiger partial charge < -0.3 is 9.80 Å². The van der Waals surface area contributed by atoms with E-state index in [1.165, 1.54) is 25.9 Å². The number of benzene rings is 1. The van der Waals surface area contributed by atoms with Gasteiger partial charge >= 0.3 is 0 Å². The number of hydrogen-bond donors (Lipinski definition) is 0. The summed E-state index contributed by atoms with van der Waals surface area (Å²) in [4.78, 5) is 17.9. The van der Waals surface area contributed by atoms with E-state index < -0.39 is 0 Å². The van der Waals surface area contributed by atoms with E-state index in [1.807, 2.05) is 12.1 Å². The minimum atomic E-state index is 0. The highest BCUT2D eigenvalue weighted by Gasteiger charge is 2.42. The van der Waals surface area contributed by atoms with Gasteiger partial charge in [-0.05, 0) is 49.9 Å². The highest BCUT2D eigenvalue weighted by Crippen LogP contribution is 2.36. The van der Waals surface area contributed by atoms with Crippen LogP contribution in [0.4, 0.5) is 0 Å². The Labute approximate surface area is 160 Å². The van der Waals surface area contributed by atoms with Crippen molar-refractivity contribution < 1.29 is 4.79 Å². The Morgan fingerprint density at radius 1 is 1.23 bits per heavy atom. The van der Waals surface area contributed by atoms with E-state index in [0.717, 1.165) is 35.2 Å². The third-order valence-corrected chi connectivity index (χ3v) is 6.22. The van der Waals surface area contributed by atoms with Crippen LogP contribution in [-0.2, 0) is 13.1 Å². The largest absolute Gasteiger partial charge is 0.328 e. The van der Waals surface area contributed by atoms with Crippen LogP contribution in [0.2, 0.25) is 0 Å². The van der Waals surface area contributed by atoms with Crippen LogP contribution in [0.15, 0.2) is 18.2 Å². The third-order valence-electron chi connectivity index (χ3n) is 6.22. The van der Waals surface area contributed by atoms with Gasteiger partial charge in [0.1, 0.15) is 0 Å². The van der Waals surface area contributed by atoms with E-state index >= 15 is 0 Å². The van der Waals surface area contributed by atoms with Crippen LogP contribution in [0.25, 0.3) is 10.9 Å². The highest BCUT2D eigenvalue weighted by molar-refractivity contribution is 6.09. The second kappa shape index (κ2) is 6.54. The van der Waals surface area contributed by atoms with E-state index in [-0.39, 0.29) is 18.3 Å². The molecule has 1 aromatic carbocycles. The number of rotatable bonds is 3. The zero-order chi connectivity index (χ0) is 17.1. The van der Waals surface area contributed by atoms with E-state index in [4.69, 9.17) is 5.10 Å². The molecule has 2 aromatic rings. The zero-order valence-electron chi connectivity index (χ0n) is 15.5. The van der Waals surface area contributed by atoms with Crippen molar-refractivity contribution in [3.8, 4) is 0 Å². The maximum absolute atomic E-state index is 13.3. The standard InChI is InChI=1S/C20H26N4O.ClH/c1-13(2)10-24-17-5-3-4-15-19(17)16(21-24)11-23(20(15)25)18-12-22-8-6-14(18)7-9-22;/h3-5,13-14,18H,6-12H2,1-2H3;1H/t18-;/m1./s1. The molecule has 0 unspecified atom stereocenters. The van der Waals surface area contributed by atoms with Gasteiger partial charge in [0.2, 0.25) is 0 Å². The van der Waals surface area contributed by atoms with Crippen molar-refractivity contribution in [3.05, 3.63) is 29.5 Å². The van der Waals surface area contributed by atoms with Gasteiger partial charge in [-0.2, -0.15) is 5.10 Å². The van der Waals surface area contributed by atoms with Crippen LogP contribution in [0, 0.1) is 11.8 Å². The second-order valence-electron chi connectivity index (χ2n) is 8.36. The molecule has 4 aliphatic heterocycles. The van der Waals surface area contributed by atoms with Crippen molar-refractivity contribution in [2.75, 3.05) is 19.6 Å². The highest BCUT2D eigenvalue weighted by atomic mass is 35.5. The summed E-state index contributed by atoms with van der Waals surface area (Å²) in [6, 6.07) is 6.46. The van der Waals surface area contributed by atoms with Gasteiger partial charge in [-0.15, -0.1) is 12.4 Å². The first-order valence-corrected chi connectivity index (χ1v) is 9.63. The molecule has 1 atom stereocenters. The fourth-order valence-electron chi connectivity index (χ4n) is 5.02. The summed E-state index contributed by atoms with van der Waals surface area (Å²) in [6.07, 6.45) is 2.46. The number of piperidine rings is 3. The van der Waals surface area contributed by atoms with Crippen LogP contribution in [0.3, 0.4) is 0 Å². The minimum Gasteiger partial charge on any atom is -0.328 e.